The molecule has 0 atom stereocenters. The third kappa shape index (κ3) is 6.05. The van der Waals surface area contributed by atoms with Crippen LogP contribution in [0.4, 0.5) is 0 Å². The Bertz CT molecular complexity index is 160. The molecule has 0 saturated heterocycles. The Hall–Kier alpha value is 0.0548. The van der Waals surface area contributed by atoms with Crippen molar-refractivity contribution in [1.29, 1.82) is 0 Å². The van der Waals surface area contributed by atoms with Crippen LogP contribution < -0.4 is 0 Å². The molecule has 0 aromatic carbocycles. The topological polar surface area (TPSA) is 0 Å². The Balaban J connectivity index is 3.56. The quantitative estimate of drug-likeness (QED) is 0.284. The van der Waals surface area contributed by atoms with Gasteiger partial charge in [0.25, 0.3) is 0 Å². The molecular weight excluding hydrogens is 85.9 g/mol. The predicted molar refractivity (Wildman–Crippen MR) is 36.2 cm³/mol. The summed E-state index contributed by atoms with van der Waals surface area (Å²) in [5, 5.41) is 0. The molecule has 0 aromatic heterocycles. The van der Waals surface area contributed by atoms with Gasteiger partial charge in [0.2, 0.25) is 0 Å². The average Bonchev–Trinajstić information content (AvgIpc) is 1.81. The first-order valence-electron chi connectivity index (χ1n) is 2.41. The monoisotopic (exact) mass is 88.0 g/mol. The van der Waals surface area contributed by atoms with Crippen molar-refractivity contribution < 1.29 is 0 Å². The van der Waals surface area contributed by atoms with Gasteiger partial charge in [-0.25, -0.2) is 0 Å². The second-order valence-electron chi connectivity index (χ2n) is 1.12. The molecular formula is C6H2Li2. The second-order valence-corrected chi connectivity index (χ2v) is 1.12. The predicted octanol–water partition coefficient (Wildman–Crippen LogP) is -0.199. The summed E-state index contributed by atoms with van der Waals surface area (Å²) in [6.45, 7) is 0. The Morgan fingerprint density at radius 2 is 1.25 bits per heavy atom. The molecule has 0 bridgehead atoms. The molecule has 0 aliphatic carbocycles. The van der Waals surface area contributed by atoms with E-state index in [2.05, 4.69) is 21.0 Å². The fourth-order valence-corrected chi connectivity index (χ4v) is 0.250. The SMILES string of the molecule is [Li][C]#C/C=C\C#[C][Li]. The molecule has 2 heteroatoms. The standard InChI is InChI=1S/C6H2.2Li/c1-3-5-6-4-2;;/h5-6H;;/b6-5-;;. The van der Waals surface area contributed by atoms with Crippen molar-refractivity contribution >= 4 is 35.4 Å². The molecule has 0 nitrogen and oxygen atoms in total. The number of rotatable bonds is 0. The average molecular weight is 88.0 g/mol. The molecule has 0 rings (SSSR count). The molecule has 28 valence electrons. The molecule has 0 saturated carbocycles. The van der Waals surface area contributed by atoms with Crippen LogP contribution in [0.1, 0.15) is 0 Å². The van der Waals surface area contributed by atoms with Gasteiger partial charge in [0, 0.05) is 0 Å². The van der Waals surface area contributed by atoms with Gasteiger partial charge in [0.15, 0.2) is 0 Å². The third-order valence-corrected chi connectivity index (χ3v) is 0.539. The van der Waals surface area contributed by atoms with Crippen LogP contribution in [-0.2, 0) is 0 Å². The van der Waals surface area contributed by atoms with Gasteiger partial charge in [-0.15, -0.1) is 0 Å². The fraction of sp³-hybridized carbons (Fsp3) is 0. The van der Waals surface area contributed by atoms with E-state index in [-0.39, 0.29) is 0 Å². The zero-order valence-electron chi connectivity index (χ0n) is 5.15. The molecule has 0 fully saturated rings. The number of hydrogen-bond donors (Lipinski definition) is 0. The fourth-order valence-electron chi connectivity index (χ4n) is 0.250. The van der Waals surface area contributed by atoms with Gasteiger partial charge in [-0.1, -0.05) is 0 Å². The summed E-state index contributed by atoms with van der Waals surface area (Å²) >= 11 is 3.59. The minimum absolute atomic E-state index is 1.73. The summed E-state index contributed by atoms with van der Waals surface area (Å²) in [4.78, 5) is 0. The van der Waals surface area contributed by atoms with Crippen molar-refractivity contribution in [2.24, 2.45) is 0 Å². The normalized spacial score (nSPS) is 7.00. The molecule has 0 aliphatic rings. The molecule has 0 aliphatic heterocycles. The summed E-state index contributed by atoms with van der Waals surface area (Å²) in [6.07, 6.45) is 3.47. The van der Waals surface area contributed by atoms with Crippen LogP contribution in [0.15, 0.2) is 12.2 Å². The Morgan fingerprint density at radius 3 is 1.50 bits per heavy atom. The van der Waals surface area contributed by atoms with Crippen molar-refractivity contribution in [2.75, 3.05) is 0 Å². The van der Waals surface area contributed by atoms with Crippen LogP contribution in [0.3, 0.4) is 0 Å². The van der Waals surface area contributed by atoms with Crippen LogP contribution in [0.25, 0.3) is 0 Å². The second kappa shape index (κ2) is 7.05. The molecule has 8 heavy (non-hydrogen) atoms. The van der Waals surface area contributed by atoms with Gasteiger partial charge < -0.3 is 0 Å². The number of hydrogen-bond acceptors (Lipinski definition) is 0. The van der Waals surface area contributed by atoms with Crippen molar-refractivity contribution in [3.8, 4) is 21.0 Å². The maximum atomic E-state index is 2.75. The Morgan fingerprint density at radius 1 is 0.875 bits per heavy atom. The van der Waals surface area contributed by atoms with E-state index in [9.17, 15) is 0 Å². The molecule has 0 spiro atoms. The van der Waals surface area contributed by atoms with Crippen LogP contribution in [0.5, 0.6) is 0 Å². The van der Waals surface area contributed by atoms with E-state index in [1.165, 1.54) is 0 Å². The van der Waals surface area contributed by atoms with Crippen molar-refractivity contribution in [3.05, 3.63) is 12.2 Å². The van der Waals surface area contributed by atoms with E-state index >= 15 is 0 Å². The summed E-state index contributed by atoms with van der Waals surface area (Å²) in [5.74, 6) is 5.50. The van der Waals surface area contributed by atoms with E-state index in [1.807, 2.05) is 0 Å². The Labute approximate surface area is 68.5 Å². The van der Waals surface area contributed by atoms with Crippen LogP contribution >= 0.6 is 0 Å². The van der Waals surface area contributed by atoms with Gasteiger partial charge >= 0.3 is 68.6 Å². The molecule has 0 N–H and O–H groups in total. The Kier molecular flexibility index (Phi) is 7.10. The zero-order chi connectivity index (χ0) is 6.24. The first kappa shape index (κ1) is 8.05. The summed E-state index contributed by atoms with van der Waals surface area (Å²) < 4.78 is 5.44. The minimum atomic E-state index is 1.73. The zero-order valence-corrected chi connectivity index (χ0v) is 5.15. The van der Waals surface area contributed by atoms with E-state index in [0.29, 0.717) is 0 Å². The first-order chi connectivity index (χ1) is 3.91. The van der Waals surface area contributed by atoms with Crippen LogP contribution in [0, 0.1) is 21.0 Å². The van der Waals surface area contributed by atoms with Crippen LogP contribution in [-0.4, -0.2) is 35.4 Å². The van der Waals surface area contributed by atoms with Gasteiger partial charge in [-0.2, -0.15) is 0 Å². The van der Waals surface area contributed by atoms with E-state index < -0.39 is 0 Å². The molecule has 0 heterocycles. The van der Waals surface area contributed by atoms with Gasteiger partial charge in [0.05, 0.1) is 0 Å². The van der Waals surface area contributed by atoms with E-state index in [0.717, 1.165) is 0 Å². The van der Waals surface area contributed by atoms with Crippen molar-refractivity contribution in [1.82, 2.24) is 0 Å². The summed E-state index contributed by atoms with van der Waals surface area (Å²) in [5.41, 5.74) is 0. The van der Waals surface area contributed by atoms with Gasteiger partial charge in [-0.05, 0) is 0 Å². The van der Waals surface area contributed by atoms with E-state index in [1.54, 1.807) is 47.6 Å². The third-order valence-electron chi connectivity index (χ3n) is 0.539. The van der Waals surface area contributed by atoms with E-state index in [4.69, 9.17) is 0 Å². The maximum absolute atomic E-state index is 2.75. The molecule has 0 aromatic rings. The number of allylic oxidation sites excluding steroid dienone is 2. The summed E-state index contributed by atoms with van der Waals surface area (Å²) in [6, 6.07) is 0. The molecule has 0 amide bonds. The van der Waals surface area contributed by atoms with Crippen molar-refractivity contribution in [3.63, 3.8) is 0 Å². The van der Waals surface area contributed by atoms with Crippen LogP contribution in [0.2, 0.25) is 0 Å². The van der Waals surface area contributed by atoms with Crippen molar-refractivity contribution in [2.45, 2.75) is 0 Å². The van der Waals surface area contributed by atoms with Gasteiger partial charge in [0.1, 0.15) is 0 Å². The first-order valence-corrected chi connectivity index (χ1v) is 2.41. The van der Waals surface area contributed by atoms with Gasteiger partial charge in [-0.3, -0.25) is 0 Å². The molecule has 0 unspecified atom stereocenters. The molecule has 0 radical (unpaired) electrons. The summed E-state index contributed by atoms with van der Waals surface area (Å²) in [7, 11) is 0.